The normalized spacial score (nSPS) is 13.8. The first-order chi connectivity index (χ1) is 14.9. The van der Waals surface area contributed by atoms with Gasteiger partial charge in [0.25, 0.3) is 5.82 Å². The fraction of sp³-hybridized carbons (Fsp3) is 0.120. The lowest BCUT2D eigenvalue weighted by molar-refractivity contribution is -0.683. The minimum absolute atomic E-state index is 0.487. The van der Waals surface area contributed by atoms with E-state index in [1.807, 2.05) is 114 Å². The van der Waals surface area contributed by atoms with E-state index < -0.39 is 5.60 Å². The number of hydrogen-bond acceptors (Lipinski definition) is 2. The molecular formula is C25H22BrClN3O+. The number of hydrogen-bond donors (Lipinski definition) is 1. The van der Waals surface area contributed by atoms with Crippen LogP contribution in [0.2, 0.25) is 5.02 Å². The standard InChI is InChI=1S/C25H22BrClN3O/c1-29-15-16-30(2)24(29)25(31,19-11-13-20(26)14-12-19)23(18-7-6-8-21(27)17-18)28-22-9-4-3-5-10-22/h3-17,31H,1-2H3/q+1. The lowest BCUT2D eigenvalue weighted by atomic mass is 9.83. The van der Waals surface area contributed by atoms with Crippen LogP contribution < -0.4 is 4.57 Å². The quantitative estimate of drug-likeness (QED) is 0.295. The first-order valence-electron chi connectivity index (χ1n) is 9.79. The van der Waals surface area contributed by atoms with Crippen molar-refractivity contribution in [3.63, 3.8) is 0 Å². The fourth-order valence-corrected chi connectivity index (χ4v) is 4.24. The summed E-state index contributed by atoms with van der Waals surface area (Å²) in [6.07, 6.45) is 3.83. The summed E-state index contributed by atoms with van der Waals surface area (Å²) < 4.78 is 4.75. The van der Waals surface area contributed by atoms with E-state index in [1.165, 1.54) is 0 Å². The zero-order valence-corrected chi connectivity index (χ0v) is 19.5. The molecule has 0 aliphatic heterocycles. The highest BCUT2D eigenvalue weighted by molar-refractivity contribution is 9.10. The third kappa shape index (κ3) is 4.22. The number of imidazole rings is 1. The average molecular weight is 496 g/mol. The van der Waals surface area contributed by atoms with Gasteiger partial charge in [0.1, 0.15) is 12.4 Å². The molecule has 0 bridgehead atoms. The molecule has 6 heteroatoms. The lowest BCUT2D eigenvalue weighted by Crippen LogP contribution is -2.49. The van der Waals surface area contributed by atoms with Gasteiger partial charge in [0, 0.05) is 20.6 Å². The molecule has 1 aromatic heterocycles. The second kappa shape index (κ2) is 8.79. The Balaban J connectivity index is 2.08. The Morgan fingerprint density at radius 2 is 1.74 bits per heavy atom. The second-order valence-electron chi connectivity index (χ2n) is 7.37. The molecule has 4 nitrogen and oxygen atoms in total. The first kappa shape index (κ1) is 21.5. The molecule has 1 N–H and O–H groups in total. The SMILES string of the molecule is Cn1cc[n+](C)c1C(O)(C(=Nc1ccccc1)c1cccc(Cl)c1)c1ccc(Br)cc1. The van der Waals surface area contributed by atoms with Crippen LogP contribution in [0.15, 0.2) is 101 Å². The highest BCUT2D eigenvalue weighted by Crippen LogP contribution is 2.35. The number of aliphatic hydroxyl groups is 1. The monoisotopic (exact) mass is 494 g/mol. The van der Waals surface area contributed by atoms with Crippen LogP contribution in [0.4, 0.5) is 5.69 Å². The number of halogens is 2. The molecule has 0 aliphatic rings. The van der Waals surface area contributed by atoms with Crippen LogP contribution >= 0.6 is 27.5 Å². The van der Waals surface area contributed by atoms with Gasteiger partial charge in [-0.3, -0.25) is 0 Å². The van der Waals surface area contributed by atoms with Crippen molar-refractivity contribution in [2.75, 3.05) is 0 Å². The van der Waals surface area contributed by atoms with E-state index in [9.17, 15) is 5.11 Å². The zero-order valence-electron chi connectivity index (χ0n) is 17.2. The molecule has 0 spiro atoms. The molecule has 4 aromatic rings. The summed E-state index contributed by atoms with van der Waals surface area (Å²) in [7, 11) is 3.83. The molecule has 0 radical (unpaired) electrons. The molecule has 0 saturated carbocycles. The maximum absolute atomic E-state index is 12.5. The molecule has 156 valence electrons. The molecule has 3 aromatic carbocycles. The summed E-state index contributed by atoms with van der Waals surface area (Å²) in [5.74, 6) is 0.671. The van der Waals surface area contributed by atoms with E-state index in [0.29, 0.717) is 22.1 Å². The predicted octanol–water partition coefficient (Wildman–Crippen LogP) is 5.32. The number of rotatable bonds is 5. The van der Waals surface area contributed by atoms with Gasteiger partial charge in [-0.2, -0.15) is 0 Å². The van der Waals surface area contributed by atoms with Crippen LogP contribution in [0.1, 0.15) is 17.0 Å². The highest BCUT2D eigenvalue weighted by Gasteiger charge is 2.47. The van der Waals surface area contributed by atoms with Gasteiger partial charge in [-0.05, 0) is 36.4 Å². The van der Waals surface area contributed by atoms with Gasteiger partial charge in [0.05, 0.1) is 25.5 Å². The van der Waals surface area contributed by atoms with Crippen molar-refractivity contribution in [2.45, 2.75) is 5.60 Å². The molecule has 0 amide bonds. The Morgan fingerprint density at radius 3 is 2.35 bits per heavy atom. The Bertz CT molecular complexity index is 1220. The molecule has 0 fully saturated rings. The summed E-state index contributed by atoms with van der Waals surface area (Å²) in [4.78, 5) is 4.95. The van der Waals surface area contributed by atoms with Crippen molar-refractivity contribution in [3.05, 3.63) is 118 Å². The maximum atomic E-state index is 12.5. The molecule has 31 heavy (non-hydrogen) atoms. The lowest BCUT2D eigenvalue weighted by Gasteiger charge is -2.28. The predicted molar refractivity (Wildman–Crippen MR) is 128 cm³/mol. The zero-order chi connectivity index (χ0) is 22.0. The van der Waals surface area contributed by atoms with Crippen molar-refractivity contribution in [2.24, 2.45) is 19.1 Å². The van der Waals surface area contributed by atoms with Gasteiger partial charge in [-0.15, -0.1) is 0 Å². The van der Waals surface area contributed by atoms with Gasteiger partial charge in [0.2, 0.25) is 5.60 Å². The number of aliphatic imine (C=N–C) groups is 1. The van der Waals surface area contributed by atoms with E-state index >= 15 is 0 Å². The highest BCUT2D eigenvalue weighted by atomic mass is 79.9. The number of benzene rings is 3. The van der Waals surface area contributed by atoms with Crippen LogP contribution in [0.5, 0.6) is 0 Å². The number of aromatic nitrogens is 2. The van der Waals surface area contributed by atoms with Crippen molar-refractivity contribution < 1.29 is 9.67 Å². The summed E-state index contributed by atoms with van der Waals surface area (Å²) in [5, 5.41) is 13.1. The van der Waals surface area contributed by atoms with E-state index in [0.717, 1.165) is 15.7 Å². The van der Waals surface area contributed by atoms with Crippen LogP contribution in [0, 0.1) is 0 Å². The summed E-state index contributed by atoms with van der Waals surface area (Å²) in [6.45, 7) is 0. The Morgan fingerprint density at radius 1 is 1.03 bits per heavy atom. The maximum Gasteiger partial charge on any atom is 0.299 e. The van der Waals surface area contributed by atoms with Crippen LogP contribution in [-0.4, -0.2) is 15.4 Å². The van der Waals surface area contributed by atoms with Gasteiger partial charge < -0.3 is 5.11 Å². The summed E-state index contributed by atoms with van der Waals surface area (Å²) >= 11 is 9.84. The van der Waals surface area contributed by atoms with E-state index in [2.05, 4.69) is 15.9 Å². The summed E-state index contributed by atoms with van der Waals surface area (Å²) in [5.41, 5.74) is 1.12. The van der Waals surface area contributed by atoms with Crippen molar-refractivity contribution in [1.29, 1.82) is 0 Å². The fourth-order valence-electron chi connectivity index (χ4n) is 3.79. The third-order valence-corrected chi connectivity index (χ3v) is 5.97. The Labute approximate surface area is 195 Å². The largest absolute Gasteiger partial charge is 0.369 e. The van der Waals surface area contributed by atoms with Gasteiger partial charge >= 0.3 is 0 Å². The minimum atomic E-state index is -1.55. The van der Waals surface area contributed by atoms with Crippen LogP contribution in [0.3, 0.4) is 0 Å². The summed E-state index contributed by atoms with van der Waals surface area (Å²) in [6, 6.07) is 24.7. The van der Waals surface area contributed by atoms with Gasteiger partial charge in [-0.25, -0.2) is 14.1 Å². The first-order valence-corrected chi connectivity index (χ1v) is 11.0. The molecule has 0 aliphatic carbocycles. The van der Waals surface area contributed by atoms with Crippen molar-refractivity contribution >= 4 is 38.9 Å². The molecule has 0 saturated heterocycles. The van der Waals surface area contributed by atoms with Gasteiger partial charge in [0.15, 0.2) is 0 Å². The van der Waals surface area contributed by atoms with Gasteiger partial charge in [-0.1, -0.05) is 70.0 Å². The molecule has 4 rings (SSSR count). The molecular weight excluding hydrogens is 474 g/mol. The molecule has 1 atom stereocenters. The number of nitrogens with zero attached hydrogens (tertiary/aromatic N) is 3. The van der Waals surface area contributed by atoms with E-state index in [-0.39, 0.29) is 0 Å². The second-order valence-corrected chi connectivity index (χ2v) is 8.72. The van der Waals surface area contributed by atoms with E-state index in [1.54, 1.807) is 0 Å². The number of aryl methyl sites for hydroxylation is 2. The average Bonchev–Trinajstić information content (AvgIpc) is 3.11. The molecule has 1 heterocycles. The Kier molecular flexibility index (Phi) is 6.10. The van der Waals surface area contributed by atoms with Crippen LogP contribution in [0.25, 0.3) is 0 Å². The number of para-hydroxylation sites is 1. The minimum Gasteiger partial charge on any atom is -0.369 e. The van der Waals surface area contributed by atoms with Crippen LogP contribution in [-0.2, 0) is 19.7 Å². The third-order valence-electron chi connectivity index (χ3n) is 5.21. The Hall–Kier alpha value is -2.73. The van der Waals surface area contributed by atoms with E-state index in [4.69, 9.17) is 16.6 Å². The van der Waals surface area contributed by atoms with Crippen molar-refractivity contribution in [3.8, 4) is 0 Å². The topological polar surface area (TPSA) is 41.4 Å². The molecule has 1 unspecified atom stereocenters. The smallest absolute Gasteiger partial charge is 0.299 e. The van der Waals surface area contributed by atoms with Crippen molar-refractivity contribution in [1.82, 2.24) is 4.57 Å².